The molecule has 0 aliphatic carbocycles. The van der Waals surface area contributed by atoms with Gasteiger partial charge in [0.2, 0.25) is 6.79 Å². The molecular weight excluding hydrogens is 188 g/mol. The molecule has 3 nitrogen and oxygen atoms in total. The molecule has 0 fully saturated rings. The monoisotopic (exact) mass is 196 g/mol. The predicted molar refractivity (Wildman–Crippen MR) is 49.2 cm³/mol. The van der Waals surface area contributed by atoms with Crippen LogP contribution >= 0.6 is 0 Å². The zero-order valence-corrected chi connectivity index (χ0v) is 7.67. The highest BCUT2D eigenvalue weighted by Crippen LogP contribution is 2.34. The van der Waals surface area contributed by atoms with Crippen molar-refractivity contribution in [2.45, 2.75) is 4.90 Å². The molecule has 1 heterocycles. The fraction of sp³-hybridized carbons (Fsp3) is 0.111. The highest BCUT2D eigenvalue weighted by atomic mass is 32.2. The molecule has 68 valence electrons. The summed E-state index contributed by atoms with van der Waals surface area (Å²) < 4.78 is 21.6. The quantitative estimate of drug-likeness (QED) is 0.675. The lowest BCUT2D eigenvalue weighted by molar-refractivity contribution is 0.174. The Bertz CT molecular complexity index is 338. The van der Waals surface area contributed by atoms with Gasteiger partial charge in [-0.1, -0.05) is 6.58 Å². The van der Waals surface area contributed by atoms with Crippen LogP contribution in [0.1, 0.15) is 0 Å². The SMILES string of the molecule is C=C[S+]([O-])c1ccc2c(c1)OCO2. The van der Waals surface area contributed by atoms with Crippen LogP contribution in [-0.4, -0.2) is 11.3 Å². The minimum atomic E-state index is -1.15. The molecular formula is C9H8O3S. The molecule has 2 rings (SSSR count). The standard InChI is InChI=1S/C9H8O3S/c1-2-13(10)7-3-4-8-9(5-7)12-6-11-8/h2-5H,1,6H2. The number of hydrogen-bond donors (Lipinski definition) is 0. The van der Waals surface area contributed by atoms with Crippen LogP contribution in [0.15, 0.2) is 35.1 Å². The third-order valence-electron chi connectivity index (χ3n) is 1.73. The van der Waals surface area contributed by atoms with Crippen molar-refractivity contribution >= 4 is 11.2 Å². The van der Waals surface area contributed by atoms with E-state index < -0.39 is 11.2 Å². The smallest absolute Gasteiger partial charge is 0.231 e. The van der Waals surface area contributed by atoms with E-state index in [0.717, 1.165) is 0 Å². The number of rotatable bonds is 2. The van der Waals surface area contributed by atoms with Gasteiger partial charge >= 0.3 is 0 Å². The van der Waals surface area contributed by atoms with Crippen LogP contribution in [0, 0.1) is 0 Å². The molecule has 0 saturated heterocycles. The van der Waals surface area contributed by atoms with Crippen LogP contribution in [0.25, 0.3) is 0 Å². The maximum atomic E-state index is 11.3. The van der Waals surface area contributed by atoms with E-state index in [-0.39, 0.29) is 6.79 Å². The third-order valence-corrected chi connectivity index (χ3v) is 2.75. The van der Waals surface area contributed by atoms with Crippen LogP contribution in [-0.2, 0) is 11.2 Å². The lowest BCUT2D eigenvalue weighted by Crippen LogP contribution is -1.95. The van der Waals surface area contributed by atoms with Crippen molar-refractivity contribution in [3.63, 3.8) is 0 Å². The van der Waals surface area contributed by atoms with E-state index in [1.54, 1.807) is 18.2 Å². The maximum absolute atomic E-state index is 11.3. The van der Waals surface area contributed by atoms with Crippen LogP contribution in [0.3, 0.4) is 0 Å². The molecule has 4 heteroatoms. The van der Waals surface area contributed by atoms with E-state index in [2.05, 4.69) is 6.58 Å². The van der Waals surface area contributed by atoms with Crippen molar-refractivity contribution in [2.75, 3.05) is 6.79 Å². The van der Waals surface area contributed by atoms with E-state index in [9.17, 15) is 4.55 Å². The van der Waals surface area contributed by atoms with Crippen molar-refractivity contribution < 1.29 is 14.0 Å². The molecule has 1 atom stereocenters. The van der Waals surface area contributed by atoms with Crippen molar-refractivity contribution in [3.05, 3.63) is 30.2 Å². The van der Waals surface area contributed by atoms with Gasteiger partial charge in [-0.25, -0.2) is 0 Å². The van der Waals surface area contributed by atoms with Gasteiger partial charge in [-0.15, -0.1) is 0 Å². The largest absolute Gasteiger partial charge is 0.607 e. The summed E-state index contributed by atoms with van der Waals surface area (Å²) >= 11 is -1.15. The molecule has 1 aromatic rings. The molecule has 0 radical (unpaired) electrons. The Labute approximate surface area is 79.2 Å². The minimum absolute atomic E-state index is 0.236. The van der Waals surface area contributed by atoms with Crippen molar-refractivity contribution in [2.24, 2.45) is 0 Å². The second-order valence-corrected chi connectivity index (χ2v) is 3.88. The Hall–Kier alpha value is -1.13. The van der Waals surface area contributed by atoms with Gasteiger partial charge in [-0.2, -0.15) is 0 Å². The van der Waals surface area contributed by atoms with E-state index in [1.807, 2.05) is 0 Å². The van der Waals surface area contributed by atoms with Gasteiger partial charge in [0.1, 0.15) is 5.41 Å². The van der Waals surface area contributed by atoms with Crippen molar-refractivity contribution in [1.29, 1.82) is 0 Å². The predicted octanol–water partition coefficient (Wildman–Crippen LogP) is 1.67. The Morgan fingerprint density at radius 2 is 2.15 bits per heavy atom. The molecule has 0 spiro atoms. The van der Waals surface area contributed by atoms with E-state index in [1.165, 1.54) is 5.41 Å². The lowest BCUT2D eigenvalue weighted by atomic mass is 10.3. The summed E-state index contributed by atoms with van der Waals surface area (Å²) in [5.41, 5.74) is 0. The van der Waals surface area contributed by atoms with Crippen LogP contribution in [0.5, 0.6) is 11.5 Å². The van der Waals surface area contributed by atoms with Gasteiger partial charge in [-0.05, 0) is 12.1 Å². The summed E-state index contributed by atoms with van der Waals surface area (Å²) in [5.74, 6) is 1.34. The topological polar surface area (TPSA) is 41.5 Å². The van der Waals surface area contributed by atoms with E-state index >= 15 is 0 Å². The average molecular weight is 196 g/mol. The van der Waals surface area contributed by atoms with Crippen molar-refractivity contribution in [3.8, 4) is 11.5 Å². The van der Waals surface area contributed by atoms with Crippen LogP contribution in [0.2, 0.25) is 0 Å². The molecule has 0 amide bonds. The Morgan fingerprint density at radius 3 is 2.92 bits per heavy atom. The summed E-state index contributed by atoms with van der Waals surface area (Å²) in [4.78, 5) is 0.680. The maximum Gasteiger partial charge on any atom is 0.231 e. The fourth-order valence-corrected chi connectivity index (χ4v) is 1.72. The van der Waals surface area contributed by atoms with Crippen LogP contribution < -0.4 is 9.47 Å². The normalized spacial score (nSPS) is 15.5. The molecule has 1 unspecified atom stereocenters. The first-order chi connectivity index (χ1) is 6.31. The molecule has 0 bridgehead atoms. The Balaban J connectivity index is 2.35. The Kier molecular flexibility index (Phi) is 2.16. The Morgan fingerprint density at radius 1 is 1.38 bits per heavy atom. The zero-order chi connectivity index (χ0) is 9.26. The summed E-state index contributed by atoms with van der Waals surface area (Å²) in [6.45, 7) is 3.69. The molecule has 1 aromatic carbocycles. The molecule has 1 aliphatic heterocycles. The number of benzene rings is 1. The molecule has 0 aromatic heterocycles. The summed E-state index contributed by atoms with van der Waals surface area (Å²) in [5, 5.41) is 1.39. The summed E-state index contributed by atoms with van der Waals surface area (Å²) in [6.07, 6.45) is 0. The van der Waals surface area contributed by atoms with Gasteiger partial charge in [-0.3, -0.25) is 0 Å². The summed E-state index contributed by atoms with van der Waals surface area (Å²) in [6, 6.07) is 5.20. The first-order valence-electron chi connectivity index (χ1n) is 3.74. The van der Waals surface area contributed by atoms with E-state index in [0.29, 0.717) is 16.4 Å². The zero-order valence-electron chi connectivity index (χ0n) is 6.86. The van der Waals surface area contributed by atoms with Crippen molar-refractivity contribution in [1.82, 2.24) is 0 Å². The van der Waals surface area contributed by atoms with Crippen LogP contribution in [0.4, 0.5) is 0 Å². The molecule has 0 saturated carbocycles. The average Bonchev–Trinajstić information content (AvgIpc) is 2.63. The lowest BCUT2D eigenvalue weighted by Gasteiger charge is -2.04. The summed E-state index contributed by atoms with van der Waals surface area (Å²) in [7, 11) is 0. The molecule has 0 N–H and O–H groups in total. The number of ether oxygens (including phenoxy) is 2. The minimum Gasteiger partial charge on any atom is -0.607 e. The third kappa shape index (κ3) is 1.50. The van der Waals surface area contributed by atoms with Gasteiger partial charge in [0.05, 0.1) is 0 Å². The van der Waals surface area contributed by atoms with E-state index in [4.69, 9.17) is 9.47 Å². The first kappa shape index (κ1) is 8.47. The second-order valence-electron chi connectivity index (χ2n) is 2.48. The van der Waals surface area contributed by atoms with Gasteiger partial charge < -0.3 is 14.0 Å². The molecule has 13 heavy (non-hydrogen) atoms. The van der Waals surface area contributed by atoms with Gasteiger partial charge in [0.15, 0.2) is 16.4 Å². The second kappa shape index (κ2) is 3.32. The van der Waals surface area contributed by atoms with Gasteiger partial charge in [0, 0.05) is 17.2 Å². The molecule has 1 aliphatic rings. The number of fused-ring (bicyclic) bond motifs is 1. The highest BCUT2D eigenvalue weighted by Gasteiger charge is 2.17. The van der Waals surface area contributed by atoms with Gasteiger partial charge in [0.25, 0.3) is 0 Å². The highest BCUT2D eigenvalue weighted by molar-refractivity contribution is 7.94. The number of hydrogen-bond acceptors (Lipinski definition) is 3. The first-order valence-corrected chi connectivity index (χ1v) is 4.95. The fourth-order valence-electron chi connectivity index (χ4n) is 1.10.